The minimum absolute atomic E-state index is 0.163. The predicted octanol–water partition coefficient (Wildman–Crippen LogP) is 3.45. The van der Waals surface area contributed by atoms with Gasteiger partial charge in [-0.2, -0.15) is 0 Å². The van der Waals surface area contributed by atoms with Gasteiger partial charge in [-0.1, -0.05) is 23.7 Å². The van der Waals surface area contributed by atoms with E-state index in [1.165, 1.54) is 0 Å². The summed E-state index contributed by atoms with van der Waals surface area (Å²) in [6, 6.07) is 13.1. The molecule has 1 fully saturated rings. The maximum Gasteiger partial charge on any atom is 0.315 e. The van der Waals surface area contributed by atoms with Gasteiger partial charge in [0.15, 0.2) is 17.6 Å². The quantitative estimate of drug-likeness (QED) is 0.712. The molecule has 0 bridgehead atoms. The molecular formula is C23H28ClN3O4. The first-order chi connectivity index (χ1) is 15.0. The van der Waals surface area contributed by atoms with Crippen molar-refractivity contribution in [3.8, 4) is 17.2 Å². The molecule has 1 atom stereocenters. The first-order valence-electron chi connectivity index (χ1n) is 10.6. The highest BCUT2D eigenvalue weighted by Crippen LogP contribution is 2.35. The molecule has 0 spiro atoms. The Hall–Kier alpha value is -2.64. The minimum atomic E-state index is -0.262. The van der Waals surface area contributed by atoms with Gasteiger partial charge in [-0.25, -0.2) is 4.79 Å². The summed E-state index contributed by atoms with van der Waals surface area (Å²) >= 11 is 5.92. The minimum Gasteiger partial charge on any atom is -0.489 e. The summed E-state index contributed by atoms with van der Waals surface area (Å²) in [5.74, 6) is 1.97. The van der Waals surface area contributed by atoms with Gasteiger partial charge in [0.2, 0.25) is 0 Å². The number of hydrogen-bond acceptors (Lipinski definition) is 5. The number of benzene rings is 2. The van der Waals surface area contributed by atoms with E-state index in [-0.39, 0.29) is 18.2 Å². The van der Waals surface area contributed by atoms with Crippen molar-refractivity contribution in [2.45, 2.75) is 31.6 Å². The summed E-state index contributed by atoms with van der Waals surface area (Å²) in [4.78, 5) is 14.5. The van der Waals surface area contributed by atoms with Crippen molar-refractivity contribution in [2.24, 2.45) is 0 Å². The predicted molar refractivity (Wildman–Crippen MR) is 119 cm³/mol. The van der Waals surface area contributed by atoms with Crippen molar-refractivity contribution in [3.63, 3.8) is 0 Å². The molecular weight excluding hydrogens is 418 g/mol. The van der Waals surface area contributed by atoms with Crippen LogP contribution < -0.4 is 24.8 Å². The van der Waals surface area contributed by atoms with E-state index in [2.05, 4.69) is 22.6 Å². The van der Waals surface area contributed by atoms with Crippen molar-refractivity contribution in [1.82, 2.24) is 15.5 Å². The molecule has 2 aliphatic rings. The van der Waals surface area contributed by atoms with Crippen molar-refractivity contribution < 1.29 is 19.0 Å². The molecule has 166 valence electrons. The Bertz CT molecular complexity index is 885. The Morgan fingerprint density at radius 2 is 1.94 bits per heavy atom. The molecule has 0 aromatic heterocycles. The third kappa shape index (κ3) is 6.18. The number of amides is 2. The molecule has 2 aromatic rings. The molecule has 2 N–H and O–H groups in total. The van der Waals surface area contributed by atoms with Crippen molar-refractivity contribution in [3.05, 3.63) is 53.1 Å². The molecule has 2 amide bonds. The van der Waals surface area contributed by atoms with Crippen molar-refractivity contribution >= 4 is 17.6 Å². The van der Waals surface area contributed by atoms with Gasteiger partial charge in [0.25, 0.3) is 0 Å². The van der Waals surface area contributed by atoms with E-state index in [0.717, 1.165) is 31.5 Å². The summed E-state index contributed by atoms with van der Waals surface area (Å²) in [5.41, 5.74) is 1.02. The van der Waals surface area contributed by atoms with E-state index in [1.54, 1.807) is 0 Å². The van der Waals surface area contributed by atoms with E-state index in [0.29, 0.717) is 42.0 Å². The van der Waals surface area contributed by atoms with E-state index < -0.39 is 0 Å². The fourth-order valence-corrected chi connectivity index (χ4v) is 3.76. The second-order valence-electron chi connectivity index (χ2n) is 8.01. The van der Waals surface area contributed by atoms with Crippen LogP contribution >= 0.6 is 11.6 Å². The van der Waals surface area contributed by atoms with E-state index >= 15 is 0 Å². The number of rotatable bonds is 6. The lowest BCUT2D eigenvalue weighted by atomic mass is 10.1. The first-order valence-corrected chi connectivity index (χ1v) is 11.0. The number of fused-ring (bicyclic) bond motifs is 1. The number of piperidine rings is 1. The molecule has 2 heterocycles. The van der Waals surface area contributed by atoms with Crippen LogP contribution in [0.3, 0.4) is 0 Å². The second kappa shape index (κ2) is 10.1. The van der Waals surface area contributed by atoms with Gasteiger partial charge in [0, 0.05) is 17.1 Å². The number of halogens is 1. The monoisotopic (exact) mass is 445 g/mol. The molecule has 7 nitrogen and oxygen atoms in total. The van der Waals surface area contributed by atoms with Crippen LogP contribution in [0.15, 0.2) is 42.5 Å². The Morgan fingerprint density at radius 1 is 1.16 bits per heavy atom. The lowest BCUT2D eigenvalue weighted by Crippen LogP contribution is -2.49. The van der Waals surface area contributed by atoms with Gasteiger partial charge in [-0.3, -0.25) is 0 Å². The Labute approximate surface area is 187 Å². The zero-order chi connectivity index (χ0) is 21.6. The Balaban J connectivity index is 1.25. The van der Waals surface area contributed by atoms with Crippen LogP contribution in [0.2, 0.25) is 5.02 Å². The van der Waals surface area contributed by atoms with Crippen molar-refractivity contribution in [1.29, 1.82) is 0 Å². The molecule has 0 radical (unpaired) electrons. The zero-order valence-corrected chi connectivity index (χ0v) is 18.4. The highest BCUT2D eigenvalue weighted by molar-refractivity contribution is 6.30. The molecule has 2 aliphatic heterocycles. The number of nitrogens with one attached hydrogen (secondary N) is 2. The summed E-state index contributed by atoms with van der Waals surface area (Å²) in [7, 11) is 2.10. The lowest BCUT2D eigenvalue weighted by Gasteiger charge is -2.30. The summed E-state index contributed by atoms with van der Waals surface area (Å²) in [5, 5.41) is 6.64. The molecule has 1 unspecified atom stereocenters. The third-order valence-corrected chi connectivity index (χ3v) is 5.75. The number of carbonyl (C=O) groups excluding carboxylic acids is 1. The number of carbonyl (C=O) groups is 1. The first kappa shape index (κ1) is 21.6. The highest BCUT2D eigenvalue weighted by atomic mass is 35.5. The molecule has 2 aromatic carbocycles. The molecule has 31 heavy (non-hydrogen) atoms. The van der Waals surface area contributed by atoms with E-state index in [1.807, 2.05) is 42.5 Å². The molecule has 4 rings (SSSR count). The molecule has 8 heteroatoms. The van der Waals surface area contributed by atoms with Crippen LogP contribution in [-0.2, 0) is 6.61 Å². The van der Waals surface area contributed by atoms with Crippen LogP contribution in [0.1, 0.15) is 18.4 Å². The van der Waals surface area contributed by atoms with Gasteiger partial charge in [0.1, 0.15) is 19.0 Å². The zero-order valence-electron chi connectivity index (χ0n) is 17.6. The second-order valence-corrected chi connectivity index (χ2v) is 8.44. The number of hydrogen-bond donors (Lipinski definition) is 2. The largest absolute Gasteiger partial charge is 0.489 e. The van der Waals surface area contributed by atoms with Gasteiger partial charge in [-0.15, -0.1) is 0 Å². The number of urea groups is 1. The number of nitrogens with zero attached hydrogens (tertiary/aromatic N) is 1. The van der Waals surface area contributed by atoms with Crippen LogP contribution in [0.5, 0.6) is 17.2 Å². The number of likely N-dealkylation sites (tertiary alicyclic amines) is 1. The maximum absolute atomic E-state index is 12.2. The summed E-state index contributed by atoms with van der Waals surface area (Å²) < 4.78 is 17.7. The molecule has 1 saturated heterocycles. The van der Waals surface area contributed by atoms with Gasteiger partial charge in [-0.05, 0) is 62.8 Å². The van der Waals surface area contributed by atoms with Gasteiger partial charge < -0.3 is 29.7 Å². The van der Waals surface area contributed by atoms with Crippen LogP contribution in [-0.4, -0.2) is 56.4 Å². The van der Waals surface area contributed by atoms with Crippen LogP contribution in [0.4, 0.5) is 4.79 Å². The average molecular weight is 446 g/mol. The molecule has 0 saturated carbocycles. The van der Waals surface area contributed by atoms with Crippen LogP contribution in [0, 0.1) is 0 Å². The smallest absolute Gasteiger partial charge is 0.315 e. The average Bonchev–Trinajstić information content (AvgIpc) is 2.78. The van der Waals surface area contributed by atoms with Gasteiger partial charge >= 0.3 is 6.03 Å². The standard InChI is InChI=1S/C23H28ClN3O4/c1-27-10-8-18(9-11-27)26-23(28)25-13-20-15-30-21-7-6-19(12-22(21)31-20)29-14-16-2-4-17(24)5-3-16/h2-7,12,18,20H,8-11,13-15H2,1H3,(H2,25,26,28). The molecule has 0 aliphatic carbocycles. The van der Waals surface area contributed by atoms with E-state index in [9.17, 15) is 4.79 Å². The van der Waals surface area contributed by atoms with Crippen LogP contribution in [0.25, 0.3) is 0 Å². The Morgan fingerprint density at radius 3 is 2.71 bits per heavy atom. The lowest BCUT2D eigenvalue weighted by molar-refractivity contribution is 0.0909. The third-order valence-electron chi connectivity index (χ3n) is 5.50. The maximum atomic E-state index is 12.2. The normalized spacial score (nSPS) is 19.0. The van der Waals surface area contributed by atoms with Gasteiger partial charge in [0.05, 0.1) is 6.54 Å². The highest BCUT2D eigenvalue weighted by Gasteiger charge is 2.23. The Kier molecular flexibility index (Phi) is 7.04. The van der Waals surface area contributed by atoms with Crippen molar-refractivity contribution in [2.75, 3.05) is 33.3 Å². The summed E-state index contributed by atoms with van der Waals surface area (Å²) in [6.07, 6.45) is 1.68. The van der Waals surface area contributed by atoms with E-state index in [4.69, 9.17) is 25.8 Å². The fraction of sp³-hybridized carbons (Fsp3) is 0.435. The summed E-state index contributed by atoms with van der Waals surface area (Å²) in [6.45, 7) is 3.19. The number of ether oxygens (including phenoxy) is 3. The topological polar surface area (TPSA) is 72.1 Å². The fourth-order valence-electron chi connectivity index (χ4n) is 3.63. The SMILES string of the molecule is CN1CCC(NC(=O)NCC2COc3ccc(OCc4ccc(Cl)cc4)cc3O2)CC1.